The van der Waals surface area contributed by atoms with Crippen molar-refractivity contribution in [2.45, 2.75) is 0 Å². The molecular formula is C11H9NO3. The number of aldehydes is 1. The van der Waals surface area contributed by atoms with E-state index in [1.54, 1.807) is 18.2 Å². The number of hydrogen-bond donors (Lipinski definition) is 1. The number of carbonyl (C=O) groups is 1. The van der Waals surface area contributed by atoms with Crippen LogP contribution in [0.15, 0.2) is 29.1 Å². The van der Waals surface area contributed by atoms with Gasteiger partial charge in [-0.05, 0) is 6.07 Å². The minimum Gasteiger partial charge on any atom is -0.482 e. The number of H-pyrrole nitrogens is 1. The molecule has 1 N–H and O–H groups in total. The van der Waals surface area contributed by atoms with Crippen molar-refractivity contribution >= 4 is 17.1 Å². The number of methoxy groups -OCH3 is 1. The van der Waals surface area contributed by atoms with Crippen molar-refractivity contribution in [2.24, 2.45) is 0 Å². The molecule has 0 saturated heterocycles. The van der Waals surface area contributed by atoms with Gasteiger partial charge in [0, 0.05) is 10.8 Å². The van der Waals surface area contributed by atoms with Crippen LogP contribution in [0.2, 0.25) is 0 Å². The number of fused-ring (bicyclic) bond motifs is 1. The number of nitrogens with one attached hydrogen (secondary N) is 1. The molecule has 0 saturated carbocycles. The van der Waals surface area contributed by atoms with E-state index in [1.165, 1.54) is 7.11 Å². The van der Waals surface area contributed by atoms with Crippen molar-refractivity contribution in [3.05, 3.63) is 40.2 Å². The van der Waals surface area contributed by atoms with E-state index in [2.05, 4.69) is 4.98 Å². The van der Waals surface area contributed by atoms with Gasteiger partial charge in [0.05, 0.1) is 12.7 Å². The molecule has 0 bridgehead atoms. The Morgan fingerprint density at radius 1 is 1.27 bits per heavy atom. The number of hydrogen-bond acceptors (Lipinski definition) is 3. The maximum atomic E-state index is 11.5. The molecule has 1 aromatic carbocycles. The Balaban J connectivity index is 2.98. The predicted molar refractivity (Wildman–Crippen MR) is 56.5 cm³/mol. The highest BCUT2D eigenvalue weighted by molar-refractivity contribution is 5.99. The van der Waals surface area contributed by atoms with Crippen LogP contribution in [0.3, 0.4) is 0 Å². The maximum absolute atomic E-state index is 11.5. The number of rotatable bonds is 2. The van der Waals surface area contributed by atoms with Gasteiger partial charge in [-0.3, -0.25) is 14.6 Å². The van der Waals surface area contributed by atoms with Gasteiger partial charge in [0.15, 0.2) is 6.29 Å². The molecule has 0 radical (unpaired) electrons. The summed E-state index contributed by atoms with van der Waals surface area (Å²) in [6, 6.07) is 7.10. The lowest BCUT2D eigenvalue weighted by Gasteiger charge is -2.05. The van der Waals surface area contributed by atoms with Gasteiger partial charge in [0.1, 0.15) is 0 Å². The topological polar surface area (TPSA) is 59.2 Å². The summed E-state index contributed by atoms with van der Waals surface area (Å²) in [6.45, 7) is 0. The van der Waals surface area contributed by atoms with Gasteiger partial charge in [-0.2, -0.15) is 0 Å². The largest absolute Gasteiger partial charge is 0.482 e. The number of benzene rings is 1. The van der Waals surface area contributed by atoms with Crippen molar-refractivity contribution in [1.82, 2.24) is 4.98 Å². The molecular weight excluding hydrogens is 194 g/mol. The molecule has 1 aromatic heterocycles. The molecule has 2 rings (SSSR count). The second-order valence-corrected chi connectivity index (χ2v) is 3.06. The van der Waals surface area contributed by atoms with E-state index in [0.29, 0.717) is 17.6 Å². The Morgan fingerprint density at radius 3 is 2.53 bits per heavy atom. The summed E-state index contributed by atoms with van der Waals surface area (Å²) in [5.41, 5.74) is -0.299. The fourth-order valence-corrected chi connectivity index (χ4v) is 1.55. The minimum atomic E-state index is -0.430. The average molecular weight is 203 g/mol. The molecule has 15 heavy (non-hydrogen) atoms. The lowest BCUT2D eigenvalue weighted by molar-refractivity contribution is 0.112. The van der Waals surface area contributed by atoms with E-state index < -0.39 is 5.56 Å². The molecule has 0 atom stereocenters. The van der Waals surface area contributed by atoms with Crippen LogP contribution in [0.25, 0.3) is 10.8 Å². The zero-order valence-corrected chi connectivity index (χ0v) is 8.11. The summed E-state index contributed by atoms with van der Waals surface area (Å²) in [5, 5.41) is 1.33. The van der Waals surface area contributed by atoms with Crippen LogP contribution >= 0.6 is 0 Å². The Kier molecular flexibility index (Phi) is 2.25. The van der Waals surface area contributed by atoms with Gasteiger partial charge in [-0.1, -0.05) is 18.2 Å². The summed E-state index contributed by atoms with van der Waals surface area (Å²) in [5.74, 6) is 0.376. The van der Waals surface area contributed by atoms with Crippen molar-refractivity contribution in [1.29, 1.82) is 0 Å². The summed E-state index contributed by atoms with van der Waals surface area (Å²) in [4.78, 5) is 24.8. The lowest BCUT2D eigenvalue weighted by atomic mass is 10.1. The number of pyridine rings is 1. The third kappa shape index (κ3) is 1.40. The van der Waals surface area contributed by atoms with Crippen LogP contribution < -0.4 is 10.3 Å². The summed E-state index contributed by atoms with van der Waals surface area (Å²) in [6.07, 6.45) is 0.556. The first-order chi connectivity index (χ1) is 7.27. The van der Waals surface area contributed by atoms with E-state index in [1.807, 2.05) is 6.07 Å². The first kappa shape index (κ1) is 9.45. The minimum absolute atomic E-state index is 0.131. The molecule has 0 aliphatic carbocycles. The summed E-state index contributed by atoms with van der Waals surface area (Å²) < 4.78 is 5.04. The van der Waals surface area contributed by atoms with Crippen molar-refractivity contribution in [3.8, 4) is 5.88 Å². The quantitative estimate of drug-likeness (QED) is 0.749. The Labute approximate surface area is 85.5 Å². The highest BCUT2D eigenvalue weighted by atomic mass is 16.5. The van der Waals surface area contributed by atoms with E-state index in [4.69, 9.17) is 4.74 Å². The fourth-order valence-electron chi connectivity index (χ4n) is 1.55. The van der Waals surface area contributed by atoms with Gasteiger partial charge >= 0.3 is 0 Å². The maximum Gasteiger partial charge on any atom is 0.261 e. The van der Waals surface area contributed by atoms with E-state index >= 15 is 0 Å². The lowest BCUT2D eigenvalue weighted by Crippen LogP contribution is -2.13. The zero-order chi connectivity index (χ0) is 10.8. The van der Waals surface area contributed by atoms with Crippen molar-refractivity contribution in [3.63, 3.8) is 0 Å². The SMILES string of the molecule is COc1[nH]c(=O)c(C=O)c2ccccc12. The van der Waals surface area contributed by atoms with Crippen LogP contribution in [-0.4, -0.2) is 18.4 Å². The third-order valence-electron chi connectivity index (χ3n) is 2.26. The first-order valence-corrected chi connectivity index (χ1v) is 4.42. The molecule has 0 aliphatic heterocycles. The van der Waals surface area contributed by atoms with Crippen LogP contribution in [0.4, 0.5) is 0 Å². The zero-order valence-electron chi connectivity index (χ0n) is 8.11. The second kappa shape index (κ2) is 3.57. The van der Waals surface area contributed by atoms with Crippen LogP contribution in [0.1, 0.15) is 10.4 Å². The van der Waals surface area contributed by atoms with Crippen LogP contribution in [-0.2, 0) is 0 Å². The van der Waals surface area contributed by atoms with E-state index in [0.717, 1.165) is 5.39 Å². The van der Waals surface area contributed by atoms with Gasteiger partial charge < -0.3 is 4.74 Å². The monoisotopic (exact) mass is 203 g/mol. The molecule has 4 nitrogen and oxygen atoms in total. The number of aromatic nitrogens is 1. The van der Waals surface area contributed by atoms with Crippen molar-refractivity contribution in [2.75, 3.05) is 7.11 Å². The van der Waals surface area contributed by atoms with E-state index in [-0.39, 0.29) is 5.56 Å². The van der Waals surface area contributed by atoms with Crippen LogP contribution in [0.5, 0.6) is 5.88 Å². The van der Waals surface area contributed by atoms with E-state index in [9.17, 15) is 9.59 Å². The molecule has 0 aliphatic rings. The Morgan fingerprint density at radius 2 is 1.93 bits per heavy atom. The average Bonchev–Trinajstić information content (AvgIpc) is 2.28. The highest BCUT2D eigenvalue weighted by Gasteiger charge is 2.09. The fraction of sp³-hybridized carbons (Fsp3) is 0.0909. The smallest absolute Gasteiger partial charge is 0.261 e. The van der Waals surface area contributed by atoms with Crippen molar-refractivity contribution < 1.29 is 9.53 Å². The summed E-state index contributed by atoms with van der Waals surface area (Å²) in [7, 11) is 1.47. The Hall–Kier alpha value is -2.10. The predicted octanol–water partition coefficient (Wildman–Crippen LogP) is 1.35. The second-order valence-electron chi connectivity index (χ2n) is 3.06. The van der Waals surface area contributed by atoms with Gasteiger partial charge in [-0.25, -0.2) is 0 Å². The third-order valence-corrected chi connectivity index (χ3v) is 2.26. The molecule has 76 valence electrons. The molecule has 0 fully saturated rings. The highest BCUT2D eigenvalue weighted by Crippen LogP contribution is 2.22. The Bertz CT molecular complexity index is 572. The molecule has 4 heteroatoms. The van der Waals surface area contributed by atoms with Gasteiger partial charge in [0.2, 0.25) is 5.88 Å². The molecule has 1 heterocycles. The van der Waals surface area contributed by atoms with Crippen LogP contribution in [0, 0.1) is 0 Å². The van der Waals surface area contributed by atoms with Gasteiger partial charge in [0.25, 0.3) is 5.56 Å². The molecule has 0 spiro atoms. The molecule has 0 unspecified atom stereocenters. The number of aromatic amines is 1. The standard InChI is InChI=1S/C11H9NO3/c1-15-11-8-5-3-2-4-7(8)9(6-13)10(14)12-11/h2-6H,1H3,(H,12,14). The van der Waals surface area contributed by atoms with Gasteiger partial charge in [-0.15, -0.1) is 0 Å². The summed E-state index contributed by atoms with van der Waals surface area (Å²) >= 11 is 0. The molecule has 2 aromatic rings. The number of ether oxygens (including phenoxy) is 1. The number of carbonyl (C=O) groups excluding carboxylic acids is 1. The molecule has 0 amide bonds. The first-order valence-electron chi connectivity index (χ1n) is 4.42. The normalized spacial score (nSPS) is 10.2.